The molecule has 3 aromatic carbocycles. The summed E-state index contributed by atoms with van der Waals surface area (Å²) in [4.78, 5) is 29.2. The zero-order valence-corrected chi connectivity index (χ0v) is 25.6. The molecular weight excluding hydrogens is 593 g/mol. The van der Waals surface area contributed by atoms with Gasteiger partial charge in [0.25, 0.3) is 0 Å². The molecule has 2 amide bonds. The Morgan fingerprint density at radius 3 is 2.20 bits per heavy atom. The lowest BCUT2D eigenvalue weighted by Crippen LogP contribution is -2.54. The number of benzene rings is 3. The molecule has 40 heavy (non-hydrogen) atoms. The Labute approximate surface area is 251 Å². The minimum Gasteiger partial charge on any atom is -0.352 e. The second kappa shape index (κ2) is 14.2. The summed E-state index contributed by atoms with van der Waals surface area (Å²) in [5, 5.41) is 3.76. The van der Waals surface area contributed by atoms with Crippen molar-refractivity contribution in [3.05, 3.63) is 99.0 Å². The number of anilines is 1. The average molecular weight is 625 g/mol. The monoisotopic (exact) mass is 623 g/mol. The van der Waals surface area contributed by atoms with Crippen molar-refractivity contribution in [1.82, 2.24) is 10.2 Å². The Hall–Kier alpha value is -2.78. The number of sulfonamides is 1. The van der Waals surface area contributed by atoms with Gasteiger partial charge in [0.05, 0.1) is 17.0 Å². The molecule has 0 aliphatic rings. The molecule has 0 unspecified atom stereocenters. The van der Waals surface area contributed by atoms with Crippen LogP contribution in [0, 0.1) is 0 Å². The van der Waals surface area contributed by atoms with Crippen LogP contribution in [0.2, 0.25) is 15.1 Å². The van der Waals surface area contributed by atoms with Crippen LogP contribution in [0.25, 0.3) is 0 Å². The largest absolute Gasteiger partial charge is 0.352 e. The highest BCUT2D eigenvalue weighted by Gasteiger charge is 2.34. The maximum Gasteiger partial charge on any atom is 0.244 e. The predicted molar refractivity (Wildman–Crippen MR) is 162 cm³/mol. The van der Waals surface area contributed by atoms with E-state index in [-0.39, 0.29) is 40.6 Å². The van der Waals surface area contributed by atoms with E-state index in [4.69, 9.17) is 34.8 Å². The van der Waals surface area contributed by atoms with Gasteiger partial charge < -0.3 is 10.2 Å². The normalized spacial score (nSPS) is 12.8. The second-order valence-electron chi connectivity index (χ2n) is 9.50. The molecule has 0 aliphatic heterocycles. The molecular formula is C29H32Cl3N3O4S. The van der Waals surface area contributed by atoms with Crippen LogP contribution in [0.4, 0.5) is 5.69 Å². The second-order valence-corrected chi connectivity index (χ2v) is 12.7. The van der Waals surface area contributed by atoms with Crippen LogP contribution in [0.5, 0.6) is 0 Å². The minimum atomic E-state index is -3.98. The summed E-state index contributed by atoms with van der Waals surface area (Å²) in [6, 6.07) is 19.6. The zero-order valence-electron chi connectivity index (χ0n) is 22.5. The van der Waals surface area contributed by atoms with Gasteiger partial charge in [0.2, 0.25) is 21.8 Å². The molecule has 0 aromatic heterocycles. The third-order valence-corrected chi connectivity index (χ3v) is 8.48. The molecule has 0 saturated carbocycles. The summed E-state index contributed by atoms with van der Waals surface area (Å²) in [5.74, 6) is -0.966. The summed E-state index contributed by atoms with van der Waals surface area (Å²) in [6.07, 6.45) is 1.88. The van der Waals surface area contributed by atoms with Gasteiger partial charge in [0, 0.05) is 29.1 Å². The minimum absolute atomic E-state index is 0.0230. The van der Waals surface area contributed by atoms with E-state index < -0.39 is 28.5 Å². The van der Waals surface area contributed by atoms with Crippen molar-refractivity contribution < 1.29 is 18.0 Å². The maximum absolute atomic E-state index is 14.1. The van der Waals surface area contributed by atoms with Crippen LogP contribution >= 0.6 is 34.8 Å². The van der Waals surface area contributed by atoms with Gasteiger partial charge in [-0.3, -0.25) is 13.9 Å². The van der Waals surface area contributed by atoms with Crippen LogP contribution in [-0.4, -0.2) is 50.0 Å². The fourth-order valence-electron chi connectivity index (χ4n) is 4.08. The number of rotatable bonds is 12. The predicted octanol–water partition coefficient (Wildman–Crippen LogP) is 5.97. The number of nitrogens with zero attached hydrogens (tertiary/aromatic N) is 2. The molecule has 0 aliphatic carbocycles. The number of halogens is 3. The van der Waals surface area contributed by atoms with Crippen LogP contribution < -0.4 is 9.62 Å². The Morgan fingerprint density at radius 1 is 0.925 bits per heavy atom. The summed E-state index contributed by atoms with van der Waals surface area (Å²) in [5.41, 5.74) is 1.51. The van der Waals surface area contributed by atoms with Crippen molar-refractivity contribution in [1.29, 1.82) is 0 Å². The van der Waals surface area contributed by atoms with Gasteiger partial charge in [-0.05, 0) is 48.7 Å². The first-order chi connectivity index (χ1) is 18.9. The van der Waals surface area contributed by atoms with E-state index in [9.17, 15) is 18.0 Å². The highest BCUT2D eigenvalue weighted by Crippen LogP contribution is 2.31. The van der Waals surface area contributed by atoms with Gasteiger partial charge in [0.15, 0.2) is 0 Å². The van der Waals surface area contributed by atoms with Crippen molar-refractivity contribution in [3.63, 3.8) is 0 Å². The van der Waals surface area contributed by atoms with Crippen molar-refractivity contribution in [3.8, 4) is 0 Å². The molecule has 3 aromatic rings. The molecule has 1 N–H and O–H groups in total. The van der Waals surface area contributed by atoms with Crippen molar-refractivity contribution in [2.75, 3.05) is 17.1 Å². The van der Waals surface area contributed by atoms with Crippen LogP contribution in [0.3, 0.4) is 0 Å². The number of nitrogens with one attached hydrogen (secondary N) is 1. The summed E-state index contributed by atoms with van der Waals surface area (Å²) < 4.78 is 26.7. The summed E-state index contributed by atoms with van der Waals surface area (Å²) in [7, 11) is -3.98. The van der Waals surface area contributed by atoms with Crippen molar-refractivity contribution >= 4 is 62.3 Å². The highest BCUT2D eigenvalue weighted by molar-refractivity contribution is 7.92. The number of carbonyl (C=O) groups is 2. The van der Waals surface area contributed by atoms with E-state index >= 15 is 0 Å². The number of amides is 2. The topological polar surface area (TPSA) is 86.8 Å². The van der Waals surface area contributed by atoms with Gasteiger partial charge in [-0.15, -0.1) is 0 Å². The first-order valence-corrected chi connectivity index (χ1v) is 15.7. The first-order valence-electron chi connectivity index (χ1n) is 12.7. The highest BCUT2D eigenvalue weighted by atomic mass is 35.5. The van der Waals surface area contributed by atoms with E-state index in [2.05, 4.69) is 5.32 Å². The smallest absolute Gasteiger partial charge is 0.244 e. The lowest BCUT2D eigenvalue weighted by atomic mass is 10.0. The molecule has 0 radical (unpaired) electrons. The van der Waals surface area contributed by atoms with Crippen LogP contribution in [0.15, 0.2) is 72.8 Å². The fraction of sp³-hybridized carbons (Fsp3) is 0.310. The molecule has 0 spiro atoms. The van der Waals surface area contributed by atoms with Crippen LogP contribution in [-0.2, 0) is 32.6 Å². The van der Waals surface area contributed by atoms with Gasteiger partial charge in [-0.25, -0.2) is 8.42 Å². The molecule has 0 fully saturated rings. The summed E-state index contributed by atoms with van der Waals surface area (Å²) >= 11 is 18.9. The first kappa shape index (κ1) is 31.7. The van der Waals surface area contributed by atoms with Crippen molar-refractivity contribution in [2.45, 2.75) is 45.3 Å². The zero-order chi connectivity index (χ0) is 29.4. The fourth-order valence-corrected chi connectivity index (χ4v) is 5.56. The molecule has 0 bridgehead atoms. The Morgan fingerprint density at radius 2 is 1.57 bits per heavy atom. The molecule has 0 heterocycles. The Bertz CT molecular complexity index is 1440. The van der Waals surface area contributed by atoms with E-state index in [0.29, 0.717) is 17.0 Å². The number of hydrogen-bond acceptors (Lipinski definition) is 4. The molecule has 214 valence electrons. The van der Waals surface area contributed by atoms with Gasteiger partial charge in [-0.1, -0.05) is 90.3 Å². The third-order valence-electron chi connectivity index (χ3n) is 6.43. The maximum atomic E-state index is 14.1. The quantitative estimate of drug-likeness (QED) is 0.269. The summed E-state index contributed by atoms with van der Waals surface area (Å²) in [6.45, 7) is 3.20. The van der Waals surface area contributed by atoms with Gasteiger partial charge >= 0.3 is 0 Å². The molecule has 2 atom stereocenters. The molecule has 3 rings (SSSR count). The van der Waals surface area contributed by atoms with Gasteiger partial charge in [-0.2, -0.15) is 0 Å². The van der Waals surface area contributed by atoms with Crippen molar-refractivity contribution in [2.24, 2.45) is 0 Å². The van der Waals surface area contributed by atoms with Gasteiger partial charge in [0.1, 0.15) is 12.6 Å². The van der Waals surface area contributed by atoms with E-state index in [1.807, 2.05) is 44.2 Å². The molecule has 0 saturated heterocycles. The lowest BCUT2D eigenvalue weighted by molar-refractivity contribution is -0.140. The Kier molecular flexibility index (Phi) is 11.3. The number of carbonyl (C=O) groups excluding carboxylic acids is 2. The lowest BCUT2D eigenvalue weighted by Gasteiger charge is -2.34. The molecule has 7 nitrogen and oxygen atoms in total. The number of hydrogen-bond donors (Lipinski definition) is 1. The molecule has 11 heteroatoms. The standard InChI is InChI=1S/C29H32Cl3N3O4S/c1-4-20(2)33-29(37)27(16-21-10-6-5-7-11-21)34(18-22-12-8-9-13-24(22)31)28(36)19-35(40(3,38)39)26-17-23(30)14-15-25(26)32/h5-15,17,20,27H,4,16,18-19H2,1-3H3,(H,33,37)/t20-,27+/m0/s1. The van der Waals surface area contributed by atoms with E-state index in [1.165, 1.54) is 23.1 Å². The van der Waals surface area contributed by atoms with Crippen LogP contribution in [0.1, 0.15) is 31.4 Å². The average Bonchev–Trinajstić information content (AvgIpc) is 2.91. The Balaban J connectivity index is 2.10. The van der Waals surface area contributed by atoms with E-state index in [1.54, 1.807) is 24.3 Å². The van der Waals surface area contributed by atoms with E-state index in [0.717, 1.165) is 16.1 Å². The SMILES string of the molecule is CC[C@H](C)NC(=O)[C@@H](Cc1ccccc1)N(Cc1ccccc1Cl)C(=O)CN(c1cc(Cl)ccc1Cl)S(C)(=O)=O. The third kappa shape index (κ3) is 8.61.